The van der Waals surface area contributed by atoms with Crippen LogP contribution in [0.5, 0.6) is 0 Å². The molecule has 0 aromatic carbocycles. The third kappa shape index (κ3) is 6.31. The molecular weight excluding hydrogens is 371 g/mol. The molecule has 0 aliphatic carbocycles. The number of hydrogen-bond acceptors (Lipinski definition) is 4. The van der Waals surface area contributed by atoms with E-state index in [2.05, 4.69) is 67.5 Å². The van der Waals surface area contributed by atoms with Crippen molar-refractivity contribution < 1.29 is 18.5 Å². The maximum absolute atomic E-state index is 9.05. The molecule has 0 aromatic rings. The Morgan fingerprint density at radius 1 is 0.731 bits per heavy atom. The molecule has 0 bridgehead atoms. The van der Waals surface area contributed by atoms with Crippen LogP contribution in [0.25, 0.3) is 0 Å². The van der Waals surface area contributed by atoms with Crippen LogP contribution in [0.3, 0.4) is 0 Å². The lowest BCUT2D eigenvalue weighted by atomic mass is 10.2. The first-order chi connectivity index (χ1) is 12.0. The molecule has 6 nitrogen and oxygen atoms in total. The number of nitrogens with zero attached hydrogens (tertiary/aromatic N) is 4. The highest BCUT2D eigenvalue weighted by molar-refractivity contribution is 7.75. The SMILES string of the molecule is CC(C)[N+](CCC#N)(OP(Cl)O[N+](CCC#N)(C(C)C)C(C)C)C(C)C. The van der Waals surface area contributed by atoms with Crippen molar-refractivity contribution in [3.05, 3.63) is 0 Å². The van der Waals surface area contributed by atoms with Gasteiger partial charge in [-0.25, -0.2) is 0 Å². The molecule has 0 saturated heterocycles. The van der Waals surface area contributed by atoms with Crippen molar-refractivity contribution >= 4 is 19.0 Å². The fourth-order valence-electron chi connectivity index (χ4n) is 3.39. The van der Waals surface area contributed by atoms with Crippen molar-refractivity contribution in [2.45, 2.75) is 92.4 Å². The van der Waals surface area contributed by atoms with E-state index in [1.54, 1.807) is 0 Å². The number of hydrogen-bond donors (Lipinski definition) is 0. The van der Waals surface area contributed by atoms with Crippen LogP contribution in [-0.2, 0) is 9.25 Å². The summed E-state index contributed by atoms with van der Waals surface area (Å²) in [5.74, 6) is 0. The van der Waals surface area contributed by atoms with Gasteiger partial charge in [-0.3, -0.25) is 0 Å². The topological polar surface area (TPSA) is 66.0 Å². The highest BCUT2D eigenvalue weighted by Gasteiger charge is 2.46. The molecule has 0 heterocycles. The Morgan fingerprint density at radius 3 is 1.19 bits per heavy atom. The Kier molecular flexibility index (Phi) is 11.2. The lowest BCUT2D eigenvalue weighted by Crippen LogP contribution is -2.59. The second kappa shape index (κ2) is 11.4. The Hall–Kier alpha value is -0.460. The van der Waals surface area contributed by atoms with E-state index in [9.17, 15) is 0 Å². The Balaban J connectivity index is 5.60. The number of quaternary nitrogens is 2. The van der Waals surface area contributed by atoms with Crippen molar-refractivity contribution in [1.29, 1.82) is 10.5 Å². The predicted molar refractivity (Wildman–Crippen MR) is 106 cm³/mol. The number of nitriles is 2. The van der Waals surface area contributed by atoms with Gasteiger partial charge in [0.25, 0.3) is 0 Å². The van der Waals surface area contributed by atoms with Crippen LogP contribution in [0.1, 0.15) is 68.2 Å². The third-order valence-electron chi connectivity index (χ3n) is 5.08. The zero-order chi connectivity index (χ0) is 20.5. The normalized spacial score (nSPS) is 13.1. The van der Waals surface area contributed by atoms with Gasteiger partial charge < -0.3 is 0 Å². The van der Waals surface area contributed by atoms with Crippen LogP contribution in [0.2, 0.25) is 0 Å². The minimum absolute atomic E-state index is 0.134. The van der Waals surface area contributed by atoms with E-state index in [0.29, 0.717) is 25.9 Å². The van der Waals surface area contributed by atoms with Crippen LogP contribution < -0.4 is 0 Å². The number of rotatable bonds is 12. The van der Waals surface area contributed by atoms with E-state index in [1.165, 1.54) is 0 Å². The van der Waals surface area contributed by atoms with E-state index in [0.717, 1.165) is 0 Å². The molecule has 26 heavy (non-hydrogen) atoms. The first kappa shape index (κ1) is 25.5. The maximum Gasteiger partial charge on any atom is 0.398 e. The van der Waals surface area contributed by atoms with Crippen molar-refractivity contribution in [2.75, 3.05) is 13.1 Å². The summed E-state index contributed by atoms with van der Waals surface area (Å²) in [6.07, 6.45) is 0.776. The van der Waals surface area contributed by atoms with Crippen LogP contribution >= 0.6 is 19.0 Å². The molecule has 0 spiro atoms. The highest BCUT2D eigenvalue weighted by atomic mass is 35.7. The lowest BCUT2D eigenvalue weighted by Gasteiger charge is -2.45. The van der Waals surface area contributed by atoms with Crippen molar-refractivity contribution in [3.8, 4) is 12.1 Å². The molecule has 8 heteroatoms. The molecule has 0 unspecified atom stereocenters. The van der Waals surface area contributed by atoms with Gasteiger partial charge in [0.1, 0.15) is 37.3 Å². The zero-order valence-corrected chi connectivity index (χ0v) is 19.2. The van der Waals surface area contributed by atoms with E-state index in [1.807, 2.05) is 0 Å². The molecule has 0 aliphatic heterocycles. The van der Waals surface area contributed by atoms with E-state index in [4.69, 9.17) is 31.0 Å². The summed E-state index contributed by atoms with van der Waals surface area (Å²) in [5.41, 5.74) is 0. The van der Waals surface area contributed by atoms with Crippen molar-refractivity contribution in [3.63, 3.8) is 0 Å². The zero-order valence-electron chi connectivity index (χ0n) is 17.6. The predicted octanol–water partition coefficient (Wildman–Crippen LogP) is 5.41. The molecule has 0 N–H and O–H groups in total. The fourth-order valence-corrected chi connectivity index (χ4v) is 5.50. The third-order valence-corrected chi connectivity index (χ3v) is 6.31. The van der Waals surface area contributed by atoms with Crippen LogP contribution in [0, 0.1) is 22.7 Å². The fraction of sp³-hybridized carbons (Fsp3) is 0.889. The van der Waals surface area contributed by atoms with Gasteiger partial charge in [0.2, 0.25) is 0 Å². The van der Waals surface area contributed by atoms with Crippen molar-refractivity contribution in [2.24, 2.45) is 0 Å². The van der Waals surface area contributed by atoms with Gasteiger partial charge in [0.15, 0.2) is 0 Å². The average Bonchev–Trinajstić information content (AvgIpc) is 2.54. The van der Waals surface area contributed by atoms with E-state index in [-0.39, 0.29) is 33.5 Å². The van der Waals surface area contributed by atoms with Gasteiger partial charge in [-0.1, -0.05) is 0 Å². The highest BCUT2D eigenvalue weighted by Crippen LogP contribution is 2.52. The number of hydroxylamine groups is 6. The minimum atomic E-state index is -1.72. The summed E-state index contributed by atoms with van der Waals surface area (Å²) in [7, 11) is -1.72. The molecule has 0 rings (SSSR count). The summed E-state index contributed by atoms with van der Waals surface area (Å²) in [5, 5.41) is 18.1. The van der Waals surface area contributed by atoms with Crippen LogP contribution in [-0.4, -0.2) is 46.5 Å². The van der Waals surface area contributed by atoms with Gasteiger partial charge in [0, 0.05) is 0 Å². The molecule has 150 valence electrons. The summed E-state index contributed by atoms with van der Waals surface area (Å²) < 4.78 is 13.1. The summed E-state index contributed by atoms with van der Waals surface area (Å²) in [6, 6.07) is 4.95. The monoisotopic (exact) mass is 406 g/mol. The number of halogens is 1. The summed E-state index contributed by atoms with van der Waals surface area (Å²) in [6.45, 7) is 17.7. The standard InChI is InChI=1S/C18H36ClN4O2P/c1-15(2)22(16(3)4,13-9-11-20)24-26(19)25-23(17(5)6,18(7)8)14-10-12-21/h15-18H,9-10,13-14H2,1-8H3/q+2. The first-order valence-electron chi connectivity index (χ1n) is 9.34. The van der Waals surface area contributed by atoms with Gasteiger partial charge in [-0.15, -0.1) is 9.25 Å². The second-order valence-electron chi connectivity index (χ2n) is 7.72. The molecule has 0 saturated carbocycles. The summed E-state index contributed by atoms with van der Waals surface area (Å²) >= 11 is 6.61. The molecule has 0 fully saturated rings. The Morgan fingerprint density at radius 2 is 1.00 bits per heavy atom. The van der Waals surface area contributed by atoms with Gasteiger partial charge in [0.05, 0.1) is 25.0 Å². The van der Waals surface area contributed by atoms with Crippen LogP contribution in [0.15, 0.2) is 0 Å². The van der Waals surface area contributed by atoms with E-state index < -0.39 is 7.73 Å². The minimum Gasteiger partial charge on any atom is -0.198 e. The maximum atomic E-state index is 9.05. The molecule has 0 radical (unpaired) electrons. The quantitative estimate of drug-likeness (QED) is 0.247. The summed E-state index contributed by atoms with van der Waals surface area (Å²) in [4.78, 5) is 0. The molecule has 0 aromatic heterocycles. The Bertz CT molecular complexity index is 440. The molecule has 0 amide bonds. The first-order valence-corrected chi connectivity index (χ1v) is 11.4. The van der Waals surface area contributed by atoms with E-state index >= 15 is 0 Å². The molecule has 0 atom stereocenters. The Labute approximate surface area is 166 Å². The van der Waals surface area contributed by atoms with Crippen molar-refractivity contribution in [1.82, 2.24) is 0 Å². The van der Waals surface area contributed by atoms with Gasteiger partial charge >= 0.3 is 7.73 Å². The largest absolute Gasteiger partial charge is 0.398 e. The molecule has 0 aliphatic rings. The average molecular weight is 407 g/mol. The lowest BCUT2D eigenvalue weighted by molar-refractivity contribution is -1.13. The smallest absolute Gasteiger partial charge is 0.198 e. The second-order valence-corrected chi connectivity index (χ2v) is 9.30. The van der Waals surface area contributed by atoms with Gasteiger partial charge in [-0.2, -0.15) is 19.8 Å². The van der Waals surface area contributed by atoms with Crippen LogP contribution in [0.4, 0.5) is 0 Å². The molecular formula is C18H36ClN4O2P+2. The van der Waals surface area contributed by atoms with Gasteiger partial charge in [-0.05, 0) is 66.6 Å².